The monoisotopic (exact) mass is 357 g/mol. The number of nitrogens with one attached hydrogen (secondary N) is 1. The number of carbonyl (C=O) groups is 1. The molecule has 9 heteroatoms. The predicted octanol–water partition coefficient (Wildman–Crippen LogP) is 0.684. The van der Waals surface area contributed by atoms with Crippen molar-refractivity contribution in [1.29, 1.82) is 0 Å². The summed E-state index contributed by atoms with van der Waals surface area (Å²) in [6, 6.07) is 1.79. The van der Waals surface area contributed by atoms with E-state index in [1.54, 1.807) is 16.9 Å². The molecule has 0 radical (unpaired) electrons. The molecule has 0 aromatic carbocycles. The van der Waals surface area contributed by atoms with Crippen LogP contribution in [0, 0.1) is 0 Å². The first-order valence-electron chi connectivity index (χ1n) is 8.36. The number of nitrogens with zero attached hydrogens (tertiary/aromatic N) is 4. The highest BCUT2D eigenvalue weighted by atomic mass is 32.2. The summed E-state index contributed by atoms with van der Waals surface area (Å²) in [6.07, 6.45) is 5.33. The van der Waals surface area contributed by atoms with E-state index in [2.05, 4.69) is 9.82 Å². The Morgan fingerprint density at radius 2 is 2.17 bits per heavy atom. The molecule has 0 saturated carbocycles. The van der Waals surface area contributed by atoms with Gasteiger partial charge >= 0.3 is 0 Å². The summed E-state index contributed by atoms with van der Waals surface area (Å²) in [7, 11) is -0.447. The summed E-state index contributed by atoms with van der Waals surface area (Å²) < 4.78 is 29.0. The second kappa shape index (κ2) is 8.09. The summed E-state index contributed by atoms with van der Waals surface area (Å²) in [5, 5.41) is 4.29. The first kappa shape index (κ1) is 18.9. The third-order valence-electron chi connectivity index (χ3n) is 4.31. The maximum Gasteiger partial charge on any atom is 0.278 e. The van der Waals surface area contributed by atoms with Crippen LogP contribution in [-0.2, 0) is 16.8 Å². The molecular formula is C15H27N5O3S. The van der Waals surface area contributed by atoms with Crippen molar-refractivity contribution in [3.8, 4) is 0 Å². The van der Waals surface area contributed by atoms with Gasteiger partial charge in [-0.2, -0.15) is 17.8 Å². The normalized spacial score (nSPS) is 19.0. The summed E-state index contributed by atoms with van der Waals surface area (Å²) in [5.74, 6) is -0.0673. The molecule has 24 heavy (non-hydrogen) atoms. The lowest BCUT2D eigenvalue weighted by Crippen LogP contribution is -2.46. The third kappa shape index (κ3) is 4.55. The largest absolute Gasteiger partial charge is 0.334 e. The second-order valence-electron chi connectivity index (χ2n) is 6.18. The average molecular weight is 357 g/mol. The Bertz CT molecular complexity index is 656. The molecule has 1 aromatic rings. The van der Waals surface area contributed by atoms with Gasteiger partial charge < -0.3 is 4.90 Å². The molecule has 1 saturated heterocycles. The van der Waals surface area contributed by atoms with Gasteiger partial charge in [0.1, 0.15) is 5.69 Å². The number of aromatic nitrogens is 2. The molecule has 136 valence electrons. The van der Waals surface area contributed by atoms with Crippen molar-refractivity contribution in [3.05, 3.63) is 18.0 Å². The van der Waals surface area contributed by atoms with Gasteiger partial charge in [0.05, 0.1) is 0 Å². The summed E-state index contributed by atoms with van der Waals surface area (Å²) >= 11 is 0. The zero-order valence-electron chi connectivity index (χ0n) is 14.6. The Morgan fingerprint density at radius 1 is 1.42 bits per heavy atom. The zero-order valence-corrected chi connectivity index (χ0v) is 15.4. The van der Waals surface area contributed by atoms with Crippen LogP contribution in [0.3, 0.4) is 0 Å². The van der Waals surface area contributed by atoms with Gasteiger partial charge in [-0.1, -0.05) is 0 Å². The van der Waals surface area contributed by atoms with Gasteiger partial charge in [-0.05, 0) is 38.7 Å². The number of amides is 1. The minimum Gasteiger partial charge on any atom is -0.334 e. The zero-order chi connectivity index (χ0) is 17.7. The van der Waals surface area contributed by atoms with Crippen LogP contribution < -0.4 is 4.72 Å². The Morgan fingerprint density at radius 3 is 2.79 bits per heavy atom. The first-order chi connectivity index (χ1) is 11.3. The van der Waals surface area contributed by atoms with Crippen LogP contribution in [0.2, 0.25) is 0 Å². The first-order valence-corrected chi connectivity index (χ1v) is 9.80. The number of carbonyl (C=O) groups excluding carboxylic acids is 1. The quantitative estimate of drug-likeness (QED) is 0.777. The van der Waals surface area contributed by atoms with E-state index in [9.17, 15) is 13.2 Å². The number of aryl methyl sites for hydroxylation is 1. The van der Waals surface area contributed by atoms with Crippen molar-refractivity contribution in [2.75, 3.05) is 27.2 Å². The molecule has 1 N–H and O–H groups in total. The van der Waals surface area contributed by atoms with Crippen LogP contribution in [0.15, 0.2) is 12.3 Å². The van der Waals surface area contributed by atoms with Gasteiger partial charge in [-0.25, -0.2) is 4.72 Å². The van der Waals surface area contributed by atoms with E-state index in [4.69, 9.17) is 0 Å². The molecule has 2 heterocycles. The smallest absolute Gasteiger partial charge is 0.278 e. The summed E-state index contributed by atoms with van der Waals surface area (Å²) in [6.45, 7) is 3.71. The molecule has 1 amide bonds. The highest BCUT2D eigenvalue weighted by Gasteiger charge is 2.28. The van der Waals surface area contributed by atoms with Crippen molar-refractivity contribution in [2.45, 2.75) is 45.2 Å². The number of piperidine rings is 1. The summed E-state index contributed by atoms with van der Waals surface area (Å²) in [5.41, 5.74) is 0.456. The number of likely N-dealkylation sites (tertiary alicyclic amines) is 1. The second-order valence-corrected chi connectivity index (χ2v) is 8.14. The lowest BCUT2D eigenvalue weighted by atomic mass is 9.99. The standard InChI is InChI=1S/C15H27N5O3S/c1-4-19-12-9-14(17-19)15(21)20-11-6-5-7-13(20)8-10-16-24(22,23)18(2)3/h9,12-13,16H,4-8,10-11H2,1-3H3/t13-/m0/s1. The average Bonchev–Trinajstić information content (AvgIpc) is 3.03. The van der Waals surface area contributed by atoms with Crippen molar-refractivity contribution >= 4 is 16.1 Å². The van der Waals surface area contributed by atoms with Gasteiger partial charge in [0.25, 0.3) is 16.1 Å². The van der Waals surface area contributed by atoms with Crippen molar-refractivity contribution in [1.82, 2.24) is 23.7 Å². The fraction of sp³-hybridized carbons (Fsp3) is 0.733. The van der Waals surface area contributed by atoms with Crippen molar-refractivity contribution in [3.63, 3.8) is 0 Å². The van der Waals surface area contributed by atoms with E-state index >= 15 is 0 Å². The van der Waals surface area contributed by atoms with Crippen LogP contribution >= 0.6 is 0 Å². The Kier molecular flexibility index (Phi) is 6.36. The molecule has 0 aliphatic carbocycles. The predicted molar refractivity (Wildman–Crippen MR) is 91.8 cm³/mol. The van der Waals surface area contributed by atoms with E-state index in [0.29, 0.717) is 25.2 Å². The number of rotatable bonds is 7. The maximum atomic E-state index is 12.7. The van der Waals surface area contributed by atoms with Gasteiger partial charge in [-0.3, -0.25) is 9.48 Å². The van der Waals surface area contributed by atoms with E-state index in [-0.39, 0.29) is 11.9 Å². The Balaban J connectivity index is 1.98. The van der Waals surface area contributed by atoms with Crippen LogP contribution in [0.4, 0.5) is 0 Å². The van der Waals surface area contributed by atoms with Crippen LogP contribution in [0.25, 0.3) is 0 Å². The topological polar surface area (TPSA) is 87.5 Å². The van der Waals surface area contributed by atoms with Gasteiger partial charge in [0.2, 0.25) is 0 Å². The third-order valence-corrected chi connectivity index (χ3v) is 5.84. The molecule has 1 aromatic heterocycles. The molecule has 2 rings (SSSR count). The molecule has 8 nitrogen and oxygen atoms in total. The van der Waals surface area contributed by atoms with Gasteiger partial charge in [0.15, 0.2) is 0 Å². The number of hydrogen-bond donors (Lipinski definition) is 1. The molecule has 1 fully saturated rings. The van der Waals surface area contributed by atoms with Crippen molar-refractivity contribution < 1.29 is 13.2 Å². The minimum absolute atomic E-state index is 0.0443. The van der Waals surface area contributed by atoms with Crippen LogP contribution in [0.5, 0.6) is 0 Å². The SMILES string of the molecule is CCn1ccc(C(=O)N2CCCC[C@H]2CCNS(=O)(=O)N(C)C)n1. The summed E-state index contributed by atoms with van der Waals surface area (Å²) in [4.78, 5) is 14.6. The molecule has 1 aliphatic heterocycles. The Labute approximate surface area is 144 Å². The van der Waals surface area contributed by atoms with Gasteiger partial charge in [-0.15, -0.1) is 0 Å². The van der Waals surface area contributed by atoms with Gasteiger partial charge in [0, 0.05) is 46.0 Å². The van der Waals surface area contributed by atoms with E-state index < -0.39 is 10.2 Å². The number of hydrogen-bond acceptors (Lipinski definition) is 4. The van der Waals surface area contributed by atoms with E-state index in [1.807, 2.05) is 11.8 Å². The molecular weight excluding hydrogens is 330 g/mol. The maximum absolute atomic E-state index is 12.7. The molecule has 0 spiro atoms. The lowest BCUT2D eigenvalue weighted by molar-refractivity contribution is 0.0597. The molecule has 1 atom stereocenters. The van der Waals surface area contributed by atoms with E-state index in [0.717, 1.165) is 30.1 Å². The van der Waals surface area contributed by atoms with Crippen LogP contribution in [-0.4, -0.2) is 66.5 Å². The van der Waals surface area contributed by atoms with Crippen molar-refractivity contribution in [2.24, 2.45) is 0 Å². The molecule has 0 bridgehead atoms. The fourth-order valence-corrected chi connectivity index (χ4v) is 3.48. The van der Waals surface area contributed by atoms with Crippen LogP contribution in [0.1, 0.15) is 43.1 Å². The minimum atomic E-state index is -3.42. The van der Waals surface area contributed by atoms with E-state index in [1.165, 1.54) is 14.1 Å². The fourth-order valence-electron chi connectivity index (χ4n) is 2.85. The highest BCUT2D eigenvalue weighted by Crippen LogP contribution is 2.21. The highest BCUT2D eigenvalue weighted by molar-refractivity contribution is 7.87. The lowest BCUT2D eigenvalue weighted by Gasteiger charge is -2.35. The molecule has 0 unspecified atom stereocenters. The molecule has 1 aliphatic rings. The Hall–Kier alpha value is -1.45.